The Bertz CT molecular complexity index is 480. The fraction of sp³-hybridized carbons (Fsp3) is 0.111. The van der Waals surface area contributed by atoms with E-state index in [2.05, 4.69) is 15.1 Å². The molecule has 68 valence electrons. The predicted molar refractivity (Wildman–Crippen MR) is 48.6 cm³/mol. The summed E-state index contributed by atoms with van der Waals surface area (Å²) in [5.41, 5.74) is 1.10. The number of nitriles is 1. The Morgan fingerprint density at radius 1 is 1.43 bits per heavy atom. The van der Waals surface area contributed by atoms with Crippen molar-refractivity contribution in [2.75, 3.05) is 0 Å². The van der Waals surface area contributed by atoms with Gasteiger partial charge in [-0.15, -0.1) is 0 Å². The van der Waals surface area contributed by atoms with Gasteiger partial charge in [0.2, 0.25) is 0 Å². The van der Waals surface area contributed by atoms with E-state index in [1.165, 1.54) is 4.68 Å². The van der Waals surface area contributed by atoms with E-state index in [0.717, 1.165) is 5.69 Å². The summed E-state index contributed by atoms with van der Waals surface area (Å²) in [7, 11) is 0. The molecule has 0 aliphatic rings. The van der Waals surface area contributed by atoms with Crippen LogP contribution in [-0.4, -0.2) is 19.7 Å². The molecule has 0 saturated carbocycles. The van der Waals surface area contributed by atoms with Crippen LogP contribution in [0.4, 0.5) is 0 Å². The third-order valence-electron chi connectivity index (χ3n) is 1.67. The summed E-state index contributed by atoms with van der Waals surface area (Å²) in [5.74, 6) is 0.423. The van der Waals surface area contributed by atoms with Crippen molar-refractivity contribution >= 4 is 0 Å². The van der Waals surface area contributed by atoms with E-state index in [9.17, 15) is 0 Å². The van der Waals surface area contributed by atoms with Crippen molar-refractivity contribution in [1.82, 2.24) is 19.7 Å². The molecule has 0 unspecified atom stereocenters. The van der Waals surface area contributed by atoms with E-state index in [1.54, 1.807) is 24.5 Å². The van der Waals surface area contributed by atoms with Gasteiger partial charge in [0.25, 0.3) is 5.95 Å². The van der Waals surface area contributed by atoms with E-state index in [1.807, 2.05) is 13.0 Å². The maximum Gasteiger partial charge on any atom is 0.251 e. The number of aromatic nitrogens is 4. The first kappa shape index (κ1) is 8.38. The fourth-order valence-corrected chi connectivity index (χ4v) is 1.10. The first-order valence-corrected chi connectivity index (χ1v) is 4.05. The topological polar surface area (TPSA) is 67.4 Å². The van der Waals surface area contributed by atoms with Crippen LogP contribution in [0.1, 0.15) is 11.4 Å². The highest BCUT2D eigenvalue weighted by Crippen LogP contribution is 2.03. The molecule has 2 rings (SSSR count). The highest BCUT2D eigenvalue weighted by Gasteiger charge is 2.03. The molecule has 0 bridgehead atoms. The van der Waals surface area contributed by atoms with Crippen molar-refractivity contribution in [3.05, 3.63) is 35.9 Å². The zero-order chi connectivity index (χ0) is 9.97. The van der Waals surface area contributed by atoms with Gasteiger partial charge in [-0.25, -0.2) is 14.6 Å². The Hall–Kier alpha value is -2.22. The molecule has 0 aliphatic heterocycles. The second-order valence-electron chi connectivity index (χ2n) is 2.76. The molecule has 2 aromatic heterocycles. The number of hydrogen-bond acceptors (Lipinski definition) is 4. The smallest absolute Gasteiger partial charge is 0.216 e. The van der Waals surface area contributed by atoms with Gasteiger partial charge in [0.1, 0.15) is 11.8 Å². The van der Waals surface area contributed by atoms with Gasteiger partial charge in [-0.3, -0.25) is 0 Å². The van der Waals surface area contributed by atoms with Crippen LogP contribution in [0.3, 0.4) is 0 Å². The number of hydrogen-bond donors (Lipinski definition) is 0. The number of nitrogens with zero attached hydrogens (tertiary/aromatic N) is 5. The monoisotopic (exact) mass is 185 g/mol. The van der Waals surface area contributed by atoms with Crippen molar-refractivity contribution in [2.45, 2.75) is 6.92 Å². The first-order valence-electron chi connectivity index (χ1n) is 4.05. The van der Waals surface area contributed by atoms with Crippen molar-refractivity contribution in [1.29, 1.82) is 5.26 Å². The van der Waals surface area contributed by atoms with Crippen LogP contribution in [0, 0.1) is 18.3 Å². The maximum atomic E-state index is 8.71. The highest BCUT2D eigenvalue weighted by molar-refractivity contribution is 5.26. The van der Waals surface area contributed by atoms with Crippen LogP contribution < -0.4 is 0 Å². The van der Waals surface area contributed by atoms with Crippen LogP contribution in [-0.2, 0) is 0 Å². The summed E-state index contributed by atoms with van der Waals surface area (Å²) < 4.78 is 1.52. The van der Waals surface area contributed by atoms with Gasteiger partial charge in [-0.1, -0.05) is 0 Å². The van der Waals surface area contributed by atoms with Crippen LogP contribution in [0.5, 0.6) is 0 Å². The molecule has 0 spiro atoms. The van der Waals surface area contributed by atoms with Crippen LogP contribution in [0.25, 0.3) is 5.95 Å². The molecule has 2 heterocycles. The molecular formula is C9H7N5. The second-order valence-corrected chi connectivity index (χ2v) is 2.76. The third-order valence-corrected chi connectivity index (χ3v) is 1.67. The first-order chi connectivity index (χ1) is 6.79. The molecule has 0 aliphatic carbocycles. The van der Waals surface area contributed by atoms with E-state index in [-0.39, 0.29) is 0 Å². The molecule has 0 aromatic carbocycles. The molecule has 0 saturated heterocycles. The second kappa shape index (κ2) is 3.26. The molecule has 2 aromatic rings. The zero-order valence-corrected chi connectivity index (χ0v) is 7.55. The molecule has 0 amide bonds. The molecule has 0 N–H and O–H groups in total. The quantitative estimate of drug-likeness (QED) is 0.660. The Morgan fingerprint density at radius 2 is 2.29 bits per heavy atom. The number of rotatable bonds is 1. The Balaban J connectivity index is 2.55. The Labute approximate surface area is 80.7 Å². The fourth-order valence-electron chi connectivity index (χ4n) is 1.10. The molecule has 0 fully saturated rings. The van der Waals surface area contributed by atoms with Crippen molar-refractivity contribution in [2.24, 2.45) is 0 Å². The number of aryl methyl sites for hydroxylation is 1. The van der Waals surface area contributed by atoms with Gasteiger partial charge in [-0.05, 0) is 19.1 Å². The Morgan fingerprint density at radius 3 is 2.93 bits per heavy atom. The minimum atomic E-state index is 0.350. The van der Waals surface area contributed by atoms with Crippen molar-refractivity contribution in [3.63, 3.8) is 0 Å². The SMILES string of the molecule is Cc1cc(C#N)nc(-n2cccn2)n1. The molecule has 0 atom stereocenters. The lowest BCUT2D eigenvalue weighted by Gasteiger charge is -2.00. The van der Waals surface area contributed by atoms with E-state index >= 15 is 0 Å². The van der Waals surface area contributed by atoms with E-state index in [0.29, 0.717) is 11.6 Å². The summed E-state index contributed by atoms with van der Waals surface area (Å²) in [6, 6.07) is 5.39. The summed E-state index contributed by atoms with van der Waals surface area (Å²) in [4.78, 5) is 8.19. The van der Waals surface area contributed by atoms with Crippen molar-refractivity contribution in [3.8, 4) is 12.0 Å². The molecular weight excluding hydrogens is 178 g/mol. The highest BCUT2D eigenvalue weighted by atomic mass is 15.3. The van der Waals surface area contributed by atoms with Crippen LogP contribution in [0.2, 0.25) is 0 Å². The molecule has 5 heteroatoms. The molecule has 0 radical (unpaired) electrons. The van der Waals surface area contributed by atoms with E-state index in [4.69, 9.17) is 5.26 Å². The van der Waals surface area contributed by atoms with Crippen LogP contribution >= 0.6 is 0 Å². The lowest BCUT2D eigenvalue weighted by molar-refractivity contribution is 0.798. The van der Waals surface area contributed by atoms with Gasteiger partial charge in [0.15, 0.2) is 0 Å². The van der Waals surface area contributed by atoms with Gasteiger partial charge < -0.3 is 0 Å². The normalized spacial score (nSPS) is 9.71. The lowest BCUT2D eigenvalue weighted by atomic mass is 10.3. The third kappa shape index (κ3) is 1.45. The summed E-state index contributed by atoms with van der Waals surface area (Å²) in [5, 5.41) is 12.7. The summed E-state index contributed by atoms with van der Waals surface area (Å²) in [6.07, 6.45) is 3.37. The molecule has 14 heavy (non-hydrogen) atoms. The van der Waals surface area contributed by atoms with Gasteiger partial charge in [-0.2, -0.15) is 10.4 Å². The minimum absolute atomic E-state index is 0.350. The zero-order valence-electron chi connectivity index (χ0n) is 7.55. The van der Waals surface area contributed by atoms with E-state index < -0.39 is 0 Å². The van der Waals surface area contributed by atoms with Gasteiger partial charge in [0.05, 0.1) is 0 Å². The summed E-state index contributed by atoms with van der Waals surface area (Å²) >= 11 is 0. The Kier molecular flexibility index (Phi) is 1.95. The average molecular weight is 185 g/mol. The summed E-state index contributed by atoms with van der Waals surface area (Å²) in [6.45, 7) is 1.82. The van der Waals surface area contributed by atoms with Crippen LogP contribution in [0.15, 0.2) is 24.5 Å². The predicted octanol–water partition coefficient (Wildman–Crippen LogP) is 0.842. The maximum absolute atomic E-state index is 8.71. The largest absolute Gasteiger partial charge is 0.251 e. The van der Waals surface area contributed by atoms with Crippen molar-refractivity contribution < 1.29 is 0 Å². The molecule has 5 nitrogen and oxygen atoms in total. The van der Waals surface area contributed by atoms with Gasteiger partial charge in [0, 0.05) is 18.1 Å². The standard InChI is InChI=1S/C9H7N5/c1-7-5-8(6-10)13-9(12-7)14-4-2-3-11-14/h2-5H,1H3. The average Bonchev–Trinajstić information content (AvgIpc) is 2.69. The lowest BCUT2D eigenvalue weighted by Crippen LogP contribution is -2.04. The minimum Gasteiger partial charge on any atom is -0.216 e. The van der Waals surface area contributed by atoms with Gasteiger partial charge >= 0.3 is 0 Å².